The minimum atomic E-state index is -4.14. The van der Waals surface area contributed by atoms with Gasteiger partial charge in [0.2, 0.25) is 0 Å². The molecule has 2 heterocycles. The van der Waals surface area contributed by atoms with E-state index in [0.29, 0.717) is 18.7 Å². The number of carbonyl (C=O) groups excluding carboxylic acids is 2. The Morgan fingerprint density at radius 1 is 1.04 bits per heavy atom. The largest absolute Gasteiger partial charge is 0.419 e. The van der Waals surface area contributed by atoms with Gasteiger partial charge in [0.25, 0.3) is 5.79 Å². The average Bonchev–Trinajstić information content (AvgIpc) is 2.57. The number of piperidine rings is 1. The Bertz CT molecular complexity index is 738. The van der Waals surface area contributed by atoms with E-state index in [4.69, 9.17) is 9.47 Å². The Balaban J connectivity index is 1.68. The molecule has 0 spiro atoms. The third kappa shape index (κ3) is 4.43. The van der Waals surface area contributed by atoms with Crippen LogP contribution in [0.3, 0.4) is 0 Å². The molecule has 0 radical (unpaired) electrons. The number of ether oxygens (including phenoxy) is 2. The van der Waals surface area contributed by atoms with Crippen LogP contribution in [-0.2, 0) is 19.1 Å². The summed E-state index contributed by atoms with van der Waals surface area (Å²) < 4.78 is 48.3. The van der Waals surface area contributed by atoms with Gasteiger partial charge in [0.15, 0.2) is 0 Å². The van der Waals surface area contributed by atoms with Crippen molar-refractivity contribution in [3.05, 3.63) is 35.4 Å². The average molecular weight is 383 g/mol. The molecule has 3 rings (SSSR count). The van der Waals surface area contributed by atoms with Gasteiger partial charge in [0.1, 0.15) is 5.57 Å². The molecule has 2 aliphatic rings. The van der Waals surface area contributed by atoms with Gasteiger partial charge in [-0.1, -0.05) is 12.1 Å². The van der Waals surface area contributed by atoms with Crippen LogP contribution in [0, 0.1) is 5.92 Å². The molecule has 1 aromatic carbocycles. The Hall–Kier alpha value is -2.51. The molecule has 5 nitrogen and oxygen atoms in total. The van der Waals surface area contributed by atoms with Crippen molar-refractivity contribution in [2.24, 2.45) is 5.92 Å². The lowest BCUT2D eigenvalue weighted by molar-refractivity contribution is -0.222. The molecular weight excluding hydrogens is 363 g/mol. The minimum absolute atomic E-state index is 0.0722. The number of carbonyl (C=O) groups is 2. The summed E-state index contributed by atoms with van der Waals surface area (Å²) in [6.07, 6.45) is -2.62. The van der Waals surface area contributed by atoms with Crippen LogP contribution < -0.4 is 4.90 Å². The highest BCUT2D eigenvalue weighted by atomic mass is 19.4. The Labute approximate surface area is 154 Å². The number of halogens is 3. The van der Waals surface area contributed by atoms with Crippen molar-refractivity contribution in [3.8, 4) is 0 Å². The predicted octanol–water partition coefficient (Wildman–Crippen LogP) is 3.68. The van der Waals surface area contributed by atoms with Gasteiger partial charge in [-0.15, -0.1) is 0 Å². The van der Waals surface area contributed by atoms with Gasteiger partial charge >= 0.3 is 18.1 Å². The van der Waals surface area contributed by atoms with Gasteiger partial charge in [0.05, 0.1) is 5.92 Å². The first-order chi connectivity index (χ1) is 12.5. The molecule has 0 bridgehead atoms. The van der Waals surface area contributed by atoms with E-state index >= 15 is 0 Å². The highest BCUT2D eigenvalue weighted by molar-refractivity contribution is 6.18. The summed E-state index contributed by atoms with van der Waals surface area (Å²) in [6, 6.07) is 6.89. The van der Waals surface area contributed by atoms with Crippen LogP contribution >= 0.6 is 0 Å². The second kappa shape index (κ2) is 6.90. The molecule has 0 atom stereocenters. The van der Waals surface area contributed by atoms with E-state index < -0.39 is 29.8 Å². The molecule has 0 amide bonds. The molecule has 0 unspecified atom stereocenters. The molecule has 2 saturated heterocycles. The molecule has 0 N–H and O–H groups in total. The summed E-state index contributed by atoms with van der Waals surface area (Å²) in [4.78, 5) is 25.8. The summed E-state index contributed by atoms with van der Waals surface area (Å²) in [5.41, 5.74) is 1.19. The van der Waals surface area contributed by atoms with Crippen LogP contribution in [0.1, 0.15) is 32.3 Å². The van der Waals surface area contributed by atoms with Crippen molar-refractivity contribution in [2.45, 2.75) is 38.7 Å². The molecular formula is C19H20F3NO4. The number of esters is 2. The fraction of sp³-hybridized carbons (Fsp3) is 0.474. The number of rotatable bonds is 2. The lowest BCUT2D eigenvalue weighted by atomic mass is 9.96. The zero-order chi connectivity index (χ0) is 19.8. The third-order valence-electron chi connectivity index (χ3n) is 4.64. The molecule has 0 aliphatic carbocycles. The van der Waals surface area contributed by atoms with Crippen molar-refractivity contribution < 1.29 is 32.2 Å². The number of alkyl halides is 3. The lowest BCUT2D eigenvalue weighted by Gasteiger charge is -2.34. The zero-order valence-electron chi connectivity index (χ0n) is 15.0. The van der Waals surface area contributed by atoms with E-state index in [-0.39, 0.29) is 18.4 Å². The summed E-state index contributed by atoms with van der Waals surface area (Å²) in [7, 11) is 0. The minimum Gasteiger partial charge on any atom is -0.419 e. The maximum atomic E-state index is 12.8. The van der Waals surface area contributed by atoms with Crippen LogP contribution in [0.15, 0.2) is 29.8 Å². The number of nitrogens with zero attached hydrogens (tertiary/aromatic N) is 1. The Kier molecular flexibility index (Phi) is 4.92. The lowest BCUT2D eigenvalue weighted by Crippen LogP contribution is -2.41. The number of benzene rings is 1. The molecule has 1 aromatic rings. The van der Waals surface area contributed by atoms with Crippen LogP contribution in [0.4, 0.5) is 18.9 Å². The number of hydrogen-bond acceptors (Lipinski definition) is 5. The second-order valence-corrected chi connectivity index (χ2v) is 7.13. The molecule has 2 aliphatic heterocycles. The maximum absolute atomic E-state index is 12.8. The van der Waals surface area contributed by atoms with Gasteiger partial charge in [-0.05, 0) is 36.6 Å². The smallest absolute Gasteiger partial charge is 0.391 e. The van der Waals surface area contributed by atoms with E-state index in [9.17, 15) is 22.8 Å². The first-order valence-corrected chi connectivity index (χ1v) is 8.65. The summed E-state index contributed by atoms with van der Waals surface area (Å²) in [6.45, 7) is 3.60. The van der Waals surface area contributed by atoms with Crippen molar-refractivity contribution in [1.29, 1.82) is 0 Å². The summed E-state index contributed by atoms with van der Waals surface area (Å²) in [5.74, 6) is -4.05. The SMILES string of the molecule is CC1(C)OC(=O)C(=Cc2ccc(N3CCC(C(F)(F)F)CC3)cc2)C(=O)O1. The van der Waals surface area contributed by atoms with Gasteiger partial charge < -0.3 is 14.4 Å². The zero-order valence-corrected chi connectivity index (χ0v) is 15.0. The predicted molar refractivity (Wildman–Crippen MR) is 91.7 cm³/mol. The van der Waals surface area contributed by atoms with Crippen LogP contribution in [0.2, 0.25) is 0 Å². The standard InChI is InChI=1S/C19H20F3NO4/c1-18(2)26-16(24)15(17(25)27-18)11-12-3-5-14(6-4-12)23-9-7-13(8-10-23)19(20,21)22/h3-6,11,13H,7-10H2,1-2H3. The first kappa shape index (κ1) is 19.3. The quantitative estimate of drug-likeness (QED) is 0.443. The fourth-order valence-corrected chi connectivity index (χ4v) is 3.19. The molecule has 8 heteroatoms. The monoisotopic (exact) mass is 383 g/mol. The number of cyclic esters (lactones) is 2. The Morgan fingerprint density at radius 2 is 1.56 bits per heavy atom. The van der Waals surface area contributed by atoms with E-state index in [1.54, 1.807) is 24.3 Å². The maximum Gasteiger partial charge on any atom is 0.391 e. The van der Waals surface area contributed by atoms with E-state index in [2.05, 4.69) is 0 Å². The van der Waals surface area contributed by atoms with Crippen molar-refractivity contribution in [2.75, 3.05) is 18.0 Å². The van der Waals surface area contributed by atoms with E-state index in [0.717, 1.165) is 5.69 Å². The van der Waals surface area contributed by atoms with Gasteiger partial charge in [-0.3, -0.25) is 0 Å². The van der Waals surface area contributed by atoms with Crippen molar-refractivity contribution in [1.82, 2.24) is 0 Å². The normalized spacial score (nSPS) is 20.9. The Morgan fingerprint density at radius 3 is 2.04 bits per heavy atom. The number of anilines is 1. The fourth-order valence-electron chi connectivity index (χ4n) is 3.19. The van der Waals surface area contributed by atoms with Crippen molar-refractivity contribution in [3.63, 3.8) is 0 Å². The summed E-state index contributed by atoms with van der Waals surface area (Å²) in [5, 5.41) is 0. The number of hydrogen-bond donors (Lipinski definition) is 0. The second-order valence-electron chi connectivity index (χ2n) is 7.13. The molecule has 0 aromatic heterocycles. The topological polar surface area (TPSA) is 55.8 Å². The molecule has 0 saturated carbocycles. The van der Waals surface area contributed by atoms with Crippen LogP contribution in [-0.4, -0.2) is 37.0 Å². The van der Waals surface area contributed by atoms with Gasteiger partial charge in [-0.25, -0.2) is 9.59 Å². The summed E-state index contributed by atoms with van der Waals surface area (Å²) >= 11 is 0. The van der Waals surface area contributed by atoms with Crippen LogP contribution in [0.25, 0.3) is 6.08 Å². The van der Waals surface area contributed by atoms with Crippen LogP contribution in [0.5, 0.6) is 0 Å². The highest BCUT2D eigenvalue weighted by Crippen LogP contribution is 2.35. The molecule has 146 valence electrons. The van der Waals surface area contributed by atoms with Gasteiger partial charge in [-0.2, -0.15) is 13.2 Å². The van der Waals surface area contributed by atoms with E-state index in [1.807, 2.05) is 4.90 Å². The third-order valence-corrected chi connectivity index (χ3v) is 4.64. The van der Waals surface area contributed by atoms with Crippen molar-refractivity contribution >= 4 is 23.7 Å². The highest BCUT2D eigenvalue weighted by Gasteiger charge is 2.41. The first-order valence-electron chi connectivity index (χ1n) is 8.65. The van der Waals surface area contributed by atoms with Gasteiger partial charge in [0, 0.05) is 32.6 Å². The van der Waals surface area contributed by atoms with E-state index in [1.165, 1.54) is 19.9 Å². The molecule has 27 heavy (non-hydrogen) atoms. The molecule has 2 fully saturated rings.